The van der Waals surface area contributed by atoms with Gasteiger partial charge in [-0.05, 0) is 25.9 Å². The fourth-order valence-corrected chi connectivity index (χ4v) is 1.59. The monoisotopic (exact) mass is 190 g/mol. The van der Waals surface area contributed by atoms with Crippen LogP contribution in [0.5, 0.6) is 0 Å². The molecule has 1 unspecified atom stereocenters. The van der Waals surface area contributed by atoms with Crippen molar-refractivity contribution in [1.82, 2.24) is 10.2 Å². The van der Waals surface area contributed by atoms with E-state index in [4.69, 9.17) is 11.6 Å². The van der Waals surface area contributed by atoms with Gasteiger partial charge in [0.2, 0.25) is 5.91 Å². The van der Waals surface area contributed by atoms with Gasteiger partial charge >= 0.3 is 0 Å². The lowest BCUT2D eigenvalue weighted by atomic mass is 10.1. The van der Waals surface area contributed by atoms with E-state index in [1.54, 1.807) is 0 Å². The number of amides is 1. The fraction of sp³-hybridized carbons (Fsp3) is 0.875. The molecule has 12 heavy (non-hydrogen) atoms. The van der Waals surface area contributed by atoms with E-state index < -0.39 is 0 Å². The van der Waals surface area contributed by atoms with Gasteiger partial charge in [-0.25, -0.2) is 0 Å². The minimum Gasteiger partial charge on any atom is -0.355 e. The highest BCUT2D eigenvalue weighted by molar-refractivity contribution is 6.27. The minimum absolute atomic E-state index is 0.0637. The summed E-state index contributed by atoms with van der Waals surface area (Å²) < 4.78 is 0. The molecular weight excluding hydrogens is 176 g/mol. The minimum atomic E-state index is -0.0637. The van der Waals surface area contributed by atoms with E-state index in [2.05, 4.69) is 17.3 Å². The van der Waals surface area contributed by atoms with Crippen molar-refractivity contribution < 1.29 is 4.79 Å². The molecule has 1 N–H and O–H groups in total. The maximum atomic E-state index is 10.8. The lowest BCUT2D eigenvalue weighted by Gasteiger charge is -2.10. The van der Waals surface area contributed by atoms with Crippen molar-refractivity contribution in [3.8, 4) is 0 Å². The number of carbonyl (C=O) groups is 1. The molecule has 0 bridgehead atoms. The number of hydrogen-bond donors (Lipinski definition) is 1. The van der Waals surface area contributed by atoms with Crippen molar-refractivity contribution in [2.45, 2.75) is 6.42 Å². The molecule has 0 spiro atoms. The van der Waals surface area contributed by atoms with Crippen molar-refractivity contribution in [3.63, 3.8) is 0 Å². The van der Waals surface area contributed by atoms with E-state index in [0.717, 1.165) is 19.6 Å². The first-order chi connectivity index (χ1) is 5.72. The van der Waals surface area contributed by atoms with Crippen LogP contribution in [0.1, 0.15) is 6.42 Å². The average molecular weight is 191 g/mol. The van der Waals surface area contributed by atoms with Gasteiger partial charge < -0.3 is 10.2 Å². The van der Waals surface area contributed by atoms with Gasteiger partial charge in [0.15, 0.2) is 0 Å². The molecule has 1 rings (SSSR count). The Morgan fingerprint density at radius 1 is 1.75 bits per heavy atom. The molecule has 1 aliphatic heterocycles. The Bertz CT molecular complexity index is 163. The summed E-state index contributed by atoms with van der Waals surface area (Å²) in [5.74, 6) is 0.621. The zero-order valence-electron chi connectivity index (χ0n) is 7.35. The number of halogens is 1. The quantitative estimate of drug-likeness (QED) is 0.650. The Morgan fingerprint density at radius 3 is 3.00 bits per heavy atom. The number of rotatable bonds is 3. The smallest absolute Gasteiger partial charge is 0.234 e. The van der Waals surface area contributed by atoms with Crippen molar-refractivity contribution in [1.29, 1.82) is 0 Å². The first-order valence-electron chi connectivity index (χ1n) is 4.23. The van der Waals surface area contributed by atoms with E-state index in [1.165, 1.54) is 6.42 Å². The molecular formula is C8H15ClN2O. The van der Waals surface area contributed by atoms with E-state index in [0.29, 0.717) is 5.92 Å². The predicted octanol–water partition coefficient (Wildman–Crippen LogP) is 0.293. The van der Waals surface area contributed by atoms with Crippen LogP contribution >= 0.6 is 11.6 Å². The van der Waals surface area contributed by atoms with Gasteiger partial charge in [0.25, 0.3) is 0 Å². The highest BCUT2D eigenvalue weighted by atomic mass is 35.5. The molecule has 0 radical (unpaired) electrons. The van der Waals surface area contributed by atoms with Gasteiger partial charge in [0.05, 0.1) is 0 Å². The van der Waals surface area contributed by atoms with Crippen LogP contribution in [0.4, 0.5) is 0 Å². The maximum Gasteiger partial charge on any atom is 0.234 e. The Labute approximate surface area is 78.1 Å². The molecule has 70 valence electrons. The molecule has 1 atom stereocenters. The summed E-state index contributed by atoms with van der Waals surface area (Å²) >= 11 is 5.34. The number of nitrogens with zero attached hydrogens (tertiary/aromatic N) is 1. The Balaban J connectivity index is 2.11. The highest BCUT2D eigenvalue weighted by Crippen LogP contribution is 2.12. The van der Waals surface area contributed by atoms with Crippen LogP contribution in [0.3, 0.4) is 0 Å². The van der Waals surface area contributed by atoms with Crippen LogP contribution in [0.2, 0.25) is 0 Å². The molecule has 4 heteroatoms. The SMILES string of the molecule is CN1CCC(CNC(=O)CCl)C1. The lowest BCUT2D eigenvalue weighted by molar-refractivity contribution is -0.118. The second-order valence-electron chi connectivity index (χ2n) is 3.35. The second-order valence-corrected chi connectivity index (χ2v) is 3.62. The standard InChI is InChI=1S/C8H15ClN2O/c1-11-3-2-7(6-11)5-10-8(12)4-9/h7H,2-6H2,1H3,(H,10,12). The summed E-state index contributed by atoms with van der Waals surface area (Å²) in [6, 6.07) is 0. The third kappa shape index (κ3) is 2.99. The summed E-state index contributed by atoms with van der Waals surface area (Å²) in [5.41, 5.74) is 0. The zero-order valence-corrected chi connectivity index (χ0v) is 8.10. The number of alkyl halides is 1. The second kappa shape index (κ2) is 4.67. The van der Waals surface area contributed by atoms with Gasteiger partial charge in [-0.15, -0.1) is 11.6 Å². The molecule has 1 saturated heterocycles. The van der Waals surface area contributed by atoms with Crippen LogP contribution in [-0.4, -0.2) is 43.4 Å². The van der Waals surface area contributed by atoms with E-state index >= 15 is 0 Å². The van der Waals surface area contributed by atoms with Crippen molar-refractivity contribution in [2.24, 2.45) is 5.92 Å². The molecule has 1 fully saturated rings. The van der Waals surface area contributed by atoms with Gasteiger partial charge in [-0.1, -0.05) is 0 Å². The molecule has 1 heterocycles. The largest absolute Gasteiger partial charge is 0.355 e. The fourth-order valence-electron chi connectivity index (χ4n) is 1.50. The van der Waals surface area contributed by atoms with Crippen molar-refractivity contribution >= 4 is 17.5 Å². The maximum absolute atomic E-state index is 10.8. The lowest BCUT2D eigenvalue weighted by Crippen LogP contribution is -2.31. The summed E-state index contributed by atoms with van der Waals surface area (Å²) in [7, 11) is 2.10. The molecule has 0 aliphatic carbocycles. The third-order valence-electron chi connectivity index (χ3n) is 2.20. The first-order valence-corrected chi connectivity index (χ1v) is 4.77. The molecule has 1 aliphatic rings. The summed E-state index contributed by atoms with van der Waals surface area (Å²) in [6.45, 7) is 3.00. The molecule has 0 aromatic heterocycles. The van der Waals surface area contributed by atoms with Crippen molar-refractivity contribution in [3.05, 3.63) is 0 Å². The molecule has 0 aromatic rings. The topological polar surface area (TPSA) is 32.3 Å². The van der Waals surface area contributed by atoms with Crippen LogP contribution in [0, 0.1) is 5.92 Å². The van der Waals surface area contributed by atoms with E-state index in [1.807, 2.05) is 0 Å². The summed E-state index contributed by atoms with van der Waals surface area (Å²) in [5, 5.41) is 2.80. The molecule has 3 nitrogen and oxygen atoms in total. The van der Waals surface area contributed by atoms with Gasteiger partial charge in [0.1, 0.15) is 5.88 Å². The molecule has 0 saturated carbocycles. The molecule has 0 aromatic carbocycles. The van der Waals surface area contributed by atoms with Crippen LogP contribution < -0.4 is 5.32 Å². The third-order valence-corrected chi connectivity index (χ3v) is 2.44. The van der Waals surface area contributed by atoms with Crippen LogP contribution in [-0.2, 0) is 4.79 Å². The number of likely N-dealkylation sites (tertiary alicyclic amines) is 1. The van der Waals surface area contributed by atoms with E-state index in [-0.39, 0.29) is 11.8 Å². The Kier molecular flexibility index (Phi) is 3.82. The van der Waals surface area contributed by atoms with Gasteiger partial charge in [-0.3, -0.25) is 4.79 Å². The van der Waals surface area contributed by atoms with Gasteiger partial charge in [-0.2, -0.15) is 0 Å². The summed E-state index contributed by atoms with van der Waals surface area (Å²) in [6.07, 6.45) is 1.18. The number of carbonyl (C=O) groups excluding carboxylic acids is 1. The average Bonchev–Trinajstić information content (AvgIpc) is 2.47. The number of nitrogens with one attached hydrogen (secondary N) is 1. The predicted molar refractivity (Wildman–Crippen MR) is 49.3 cm³/mol. The van der Waals surface area contributed by atoms with E-state index in [9.17, 15) is 4.79 Å². The summed E-state index contributed by atoms with van der Waals surface area (Å²) in [4.78, 5) is 13.1. The number of hydrogen-bond acceptors (Lipinski definition) is 2. The van der Waals surface area contributed by atoms with Gasteiger partial charge in [0, 0.05) is 13.1 Å². The zero-order chi connectivity index (χ0) is 8.97. The van der Waals surface area contributed by atoms with Crippen LogP contribution in [0.25, 0.3) is 0 Å². The Hall–Kier alpha value is -0.280. The van der Waals surface area contributed by atoms with Crippen LogP contribution in [0.15, 0.2) is 0 Å². The van der Waals surface area contributed by atoms with Crippen molar-refractivity contribution in [2.75, 3.05) is 32.6 Å². The Morgan fingerprint density at radius 2 is 2.50 bits per heavy atom. The highest BCUT2D eigenvalue weighted by Gasteiger charge is 2.19. The first kappa shape index (κ1) is 9.81. The normalized spacial score (nSPS) is 24.3. The molecule has 1 amide bonds.